The number of amides is 1. The van der Waals surface area contributed by atoms with Crippen LogP contribution in [0.4, 0.5) is 11.5 Å². The number of nitrogen functional groups attached to an aromatic ring is 1. The van der Waals surface area contributed by atoms with Gasteiger partial charge in [-0.2, -0.15) is 0 Å². The molecule has 1 amide bonds. The molecule has 0 unspecified atom stereocenters. The molecule has 9 heteroatoms. The van der Waals surface area contributed by atoms with Gasteiger partial charge in [-0.1, -0.05) is 48.0 Å². The number of anilines is 2. The van der Waals surface area contributed by atoms with E-state index in [2.05, 4.69) is 10.3 Å². The lowest BCUT2D eigenvalue weighted by atomic mass is 9.96. The predicted octanol–water partition coefficient (Wildman–Crippen LogP) is 2.79. The van der Waals surface area contributed by atoms with E-state index in [9.17, 15) is 14.4 Å². The van der Waals surface area contributed by atoms with Crippen LogP contribution in [0.5, 0.6) is 0 Å². The fraction of sp³-hybridized carbons (Fsp3) is 0.0909. The van der Waals surface area contributed by atoms with Crippen molar-refractivity contribution in [2.45, 2.75) is 0 Å². The van der Waals surface area contributed by atoms with Gasteiger partial charge in [0, 0.05) is 35.9 Å². The number of hydrogen-bond acceptors (Lipinski definition) is 5. The monoisotopic (exact) mass is 435 g/mol. The van der Waals surface area contributed by atoms with E-state index >= 15 is 0 Å². The molecule has 0 atom stereocenters. The average molecular weight is 436 g/mol. The topological polar surface area (TPSA) is 112 Å². The Bertz CT molecular complexity index is 1460. The largest absolute Gasteiger partial charge is 0.383 e. The van der Waals surface area contributed by atoms with Gasteiger partial charge in [0.05, 0.1) is 10.9 Å². The Morgan fingerprint density at radius 1 is 1.00 bits per heavy atom. The maximum atomic E-state index is 13.3. The van der Waals surface area contributed by atoms with E-state index in [1.54, 1.807) is 48.5 Å². The number of hydrogen-bond donors (Lipinski definition) is 2. The Morgan fingerprint density at radius 3 is 2.32 bits per heavy atom. The van der Waals surface area contributed by atoms with Crippen LogP contribution in [0.25, 0.3) is 22.2 Å². The Labute approximate surface area is 181 Å². The zero-order chi connectivity index (χ0) is 22.3. The number of rotatable bonds is 3. The highest BCUT2D eigenvalue weighted by Crippen LogP contribution is 2.36. The van der Waals surface area contributed by atoms with Crippen LogP contribution in [0.15, 0.2) is 64.2 Å². The molecule has 31 heavy (non-hydrogen) atoms. The normalized spacial score (nSPS) is 10.9. The van der Waals surface area contributed by atoms with Gasteiger partial charge in [0.15, 0.2) is 5.65 Å². The summed E-state index contributed by atoms with van der Waals surface area (Å²) < 4.78 is 2.17. The zero-order valence-corrected chi connectivity index (χ0v) is 17.5. The molecule has 2 aromatic heterocycles. The lowest BCUT2D eigenvalue weighted by Crippen LogP contribution is -2.38. The van der Waals surface area contributed by atoms with Gasteiger partial charge in [-0.15, -0.1) is 0 Å². The second-order valence-corrected chi connectivity index (χ2v) is 7.36. The number of carbonyl (C=O) groups excluding carboxylic acids is 1. The Balaban J connectivity index is 2.14. The van der Waals surface area contributed by atoms with Crippen molar-refractivity contribution < 1.29 is 4.79 Å². The van der Waals surface area contributed by atoms with Crippen LogP contribution in [0, 0.1) is 0 Å². The van der Waals surface area contributed by atoms with Crippen molar-refractivity contribution in [1.29, 1.82) is 0 Å². The van der Waals surface area contributed by atoms with E-state index in [0.717, 1.165) is 4.57 Å². The molecule has 8 nitrogen and oxygen atoms in total. The van der Waals surface area contributed by atoms with Gasteiger partial charge in [-0.3, -0.25) is 18.7 Å². The lowest BCUT2D eigenvalue weighted by Gasteiger charge is -2.17. The molecule has 0 radical (unpaired) electrons. The van der Waals surface area contributed by atoms with Crippen LogP contribution >= 0.6 is 11.6 Å². The standard InChI is InChI=1S/C22H18ClN5O3/c1-27-19-17(21(30)28(2)22(27)31)15(13-10-6-7-11-14(13)23)16(18(24)26-19)20(29)25-12-8-4-3-5-9-12/h3-11H,1-2H3,(H2,24,26)(H,25,29). The number of fused-ring (bicyclic) bond motifs is 1. The minimum Gasteiger partial charge on any atom is -0.383 e. The SMILES string of the molecule is Cn1c(=O)c2c(-c3ccccc3Cl)c(C(=O)Nc3ccccc3)c(N)nc2n(C)c1=O. The number of pyridine rings is 1. The summed E-state index contributed by atoms with van der Waals surface area (Å²) in [6, 6.07) is 15.6. The first-order valence-electron chi connectivity index (χ1n) is 9.31. The second-order valence-electron chi connectivity index (χ2n) is 6.95. The average Bonchev–Trinajstić information content (AvgIpc) is 2.76. The molecule has 4 aromatic rings. The Morgan fingerprint density at radius 2 is 1.65 bits per heavy atom. The summed E-state index contributed by atoms with van der Waals surface area (Å²) in [5.74, 6) is -0.678. The summed E-state index contributed by atoms with van der Waals surface area (Å²) in [6.45, 7) is 0. The molecule has 4 rings (SSSR count). The first-order valence-corrected chi connectivity index (χ1v) is 9.69. The number of benzene rings is 2. The van der Waals surface area contributed by atoms with Gasteiger partial charge < -0.3 is 11.1 Å². The van der Waals surface area contributed by atoms with Gasteiger partial charge in [0.1, 0.15) is 5.82 Å². The molecule has 2 aromatic carbocycles. The molecule has 0 aliphatic carbocycles. The molecule has 0 aliphatic rings. The summed E-state index contributed by atoms with van der Waals surface area (Å²) in [6.07, 6.45) is 0. The number of nitrogens with two attached hydrogens (primary N) is 1. The predicted molar refractivity (Wildman–Crippen MR) is 121 cm³/mol. The van der Waals surface area contributed by atoms with Crippen molar-refractivity contribution in [2.24, 2.45) is 14.1 Å². The van der Waals surface area contributed by atoms with Crippen molar-refractivity contribution in [3.8, 4) is 11.1 Å². The summed E-state index contributed by atoms with van der Waals surface area (Å²) in [5, 5.41) is 3.17. The van der Waals surface area contributed by atoms with Gasteiger partial charge in [-0.05, 0) is 18.2 Å². The number of para-hydroxylation sites is 1. The molecule has 156 valence electrons. The second kappa shape index (κ2) is 7.73. The maximum absolute atomic E-state index is 13.3. The Kier molecular flexibility index (Phi) is 5.08. The number of nitrogens with zero attached hydrogens (tertiary/aromatic N) is 3. The minimum atomic E-state index is -0.603. The maximum Gasteiger partial charge on any atom is 0.332 e. The van der Waals surface area contributed by atoms with E-state index in [0.29, 0.717) is 16.3 Å². The summed E-state index contributed by atoms with van der Waals surface area (Å²) >= 11 is 6.44. The van der Waals surface area contributed by atoms with Gasteiger partial charge in [0.25, 0.3) is 11.5 Å². The third-order valence-electron chi connectivity index (χ3n) is 5.02. The molecule has 0 saturated carbocycles. The number of halogens is 1. The van der Waals surface area contributed by atoms with Crippen molar-refractivity contribution in [2.75, 3.05) is 11.1 Å². The minimum absolute atomic E-state index is 0.000187. The summed E-state index contributed by atoms with van der Waals surface area (Å²) in [7, 11) is 2.84. The first-order chi connectivity index (χ1) is 14.8. The van der Waals surface area contributed by atoms with E-state index in [1.165, 1.54) is 18.7 Å². The third kappa shape index (κ3) is 3.36. The highest BCUT2D eigenvalue weighted by atomic mass is 35.5. The van der Waals surface area contributed by atoms with Gasteiger partial charge in [0.2, 0.25) is 0 Å². The molecule has 0 aliphatic heterocycles. The zero-order valence-electron chi connectivity index (χ0n) is 16.7. The molecule has 0 fully saturated rings. The molecule has 0 bridgehead atoms. The fourth-order valence-electron chi connectivity index (χ4n) is 3.48. The molecular weight excluding hydrogens is 418 g/mol. The fourth-order valence-corrected chi connectivity index (χ4v) is 3.71. The molecule has 2 heterocycles. The van der Waals surface area contributed by atoms with Crippen LogP contribution in [0.2, 0.25) is 5.02 Å². The van der Waals surface area contributed by atoms with Crippen molar-refractivity contribution in [3.63, 3.8) is 0 Å². The number of nitrogens with one attached hydrogen (secondary N) is 1. The van der Waals surface area contributed by atoms with Gasteiger partial charge in [-0.25, -0.2) is 9.78 Å². The van der Waals surface area contributed by atoms with Crippen LogP contribution in [0.1, 0.15) is 10.4 Å². The quantitative estimate of drug-likeness (QED) is 0.514. The van der Waals surface area contributed by atoms with E-state index in [1.807, 2.05) is 6.07 Å². The van der Waals surface area contributed by atoms with Crippen LogP contribution < -0.4 is 22.3 Å². The number of aryl methyl sites for hydroxylation is 1. The Hall–Kier alpha value is -3.91. The van der Waals surface area contributed by atoms with Crippen molar-refractivity contribution >= 4 is 40.0 Å². The van der Waals surface area contributed by atoms with E-state index in [-0.39, 0.29) is 28.0 Å². The van der Waals surface area contributed by atoms with Crippen LogP contribution in [-0.4, -0.2) is 20.0 Å². The van der Waals surface area contributed by atoms with Crippen LogP contribution in [0.3, 0.4) is 0 Å². The first kappa shape index (κ1) is 20.4. The third-order valence-corrected chi connectivity index (χ3v) is 5.35. The summed E-state index contributed by atoms with van der Waals surface area (Å²) in [4.78, 5) is 43.1. The molecular formula is C22H18ClN5O3. The van der Waals surface area contributed by atoms with E-state index in [4.69, 9.17) is 17.3 Å². The highest BCUT2D eigenvalue weighted by molar-refractivity contribution is 6.34. The van der Waals surface area contributed by atoms with Gasteiger partial charge >= 0.3 is 5.69 Å². The number of aromatic nitrogens is 3. The smallest absolute Gasteiger partial charge is 0.332 e. The molecule has 0 saturated heterocycles. The van der Waals surface area contributed by atoms with Crippen molar-refractivity contribution in [1.82, 2.24) is 14.1 Å². The molecule has 3 N–H and O–H groups in total. The van der Waals surface area contributed by atoms with Crippen molar-refractivity contribution in [3.05, 3.63) is 86.0 Å². The van der Waals surface area contributed by atoms with Crippen LogP contribution in [-0.2, 0) is 14.1 Å². The molecule has 0 spiro atoms. The highest BCUT2D eigenvalue weighted by Gasteiger charge is 2.26. The van der Waals surface area contributed by atoms with E-state index < -0.39 is 17.2 Å². The number of carbonyl (C=O) groups is 1. The summed E-state index contributed by atoms with van der Waals surface area (Å²) in [5.41, 5.74) is 6.30. The lowest BCUT2D eigenvalue weighted by molar-refractivity contribution is 0.102.